The van der Waals surface area contributed by atoms with Crippen molar-refractivity contribution in [1.82, 2.24) is 0 Å². The van der Waals surface area contributed by atoms with E-state index in [1.807, 2.05) is 0 Å². The SMILES string of the molecule is O=P([O-])([O-])OP(=O)([O-])[O-].[PH4+].[PH4+].[PH4+].[PH4+]. The third-order valence-electron chi connectivity index (χ3n) is 0.200. The molecule has 0 saturated carbocycles. The van der Waals surface area contributed by atoms with Gasteiger partial charge in [-0.15, -0.1) is 0 Å². The Hall–Kier alpha value is 1.98. The molecule has 88 valence electrons. The lowest BCUT2D eigenvalue weighted by Gasteiger charge is -2.39. The van der Waals surface area contributed by atoms with Gasteiger partial charge in [-0.3, -0.25) is 0 Å². The van der Waals surface area contributed by atoms with E-state index in [0.29, 0.717) is 0 Å². The van der Waals surface area contributed by atoms with Crippen LogP contribution in [0.4, 0.5) is 0 Å². The van der Waals surface area contributed by atoms with Crippen molar-refractivity contribution in [3.05, 3.63) is 0 Å². The highest BCUT2D eigenvalue weighted by Crippen LogP contribution is 2.42. The van der Waals surface area contributed by atoms with Crippen LogP contribution in [0.3, 0.4) is 0 Å². The molecule has 0 aliphatic rings. The van der Waals surface area contributed by atoms with E-state index in [4.69, 9.17) is 0 Å². The molecule has 0 bridgehead atoms. The van der Waals surface area contributed by atoms with E-state index in [9.17, 15) is 28.7 Å². The van der Waals surface area contributed by atoms with Crippen LogP contribution in [0, 0.1) is 0 Å². The zero-order chi connectivity index (χ0) is 7.71. The Morgan fingerprint density at radius 1 is 0.692 bits per heavy atom. The predicted molar refractivity (Wildman–Crippen MR) is 66.3 cm³/mol. The topological polar surface area (TPSA) is 136 Å². The molecular weight excluding hydrogens is 298 g/mol. The molecule has 13 heteroatoms. The van der Waals surface area contributed by atoms with Gasteiger partial charge in [-0.2, -0.15) is 0 Å². The molecule has 0 saturated heterocycles. The average molecular weight is 314 g/mol. The minimum absolute atomic E-state index is 0. The number of hydrogen-bond acceptors (Lipinski definition) is 7. The molecule has 13 heavy (non-hydrogen) atoms. The highest BCUT2D eigenvalue weighted by atomic mass is 31.3. The summed E-state index contributed by atoms with van der Waals surface area (Å²) in [5, 5.41) is 0. The van der Waals surface area contributed by atoms with Crippen LogP contribution in [0.15, 0.2) is 0 Å². The van der Waals surface area contributed by atoms with Gasteiger partial charge in [-0.1, -0.05) is 0 Å². The molecule has 0 aromatic rings. The second-order valence-corrected chi connectivity index (χ2v) is 3.42. The zero-order valence-electron chi connectivity index (χ0n) is 7.75. The van der Waals surface area contributed by atoms with Gasteiger partial charge in [-0.05, 0) is 39.6 Å². The van der Waals surface area contributed by atoms with Crippen LogP contribution in [0.25, 0.3) is 0 Å². The lowest BCUT2D eigenvalue weighted by Crippen LogP contribution is -2.23. The molecule has 0 N–H and O–H groups in total. The van der Waals surface area contributed by atoms with Crippen molar-refractivity contribution in [2.75, 3.05) is 0 Å². The normalized spacial score (nSPS) is 9.54. The highest BCUT2D eigenvalue weighted by molar-refractivity contribution is 7.57. The maximum absolute atomic E-state index is 9.32. The largest absolute Gasteiger partial charge is 0.790 e. The molecule has 0 rings (SSSR count). The van der Waals surface area contributed by atoms with Crippen molar-refractivity contribution < 1.29 is 33.0 Å². The summed E-state index contributed by atoms with van der Waals surface area (Å²) < 4.78 is 21.2. The molecular formula is H16O7P6. The zero-order valence-corrected chi connectivity index (χ0v) is 17.5. The number of phosphoric acid groups is 2. The van der Waals surface area contributed by atoms with E-state index >= 15 is 0 Å². The third kappa shape index (κ3) is 31.5. The summed E-state index contributed by atoms with van der Waals surface area (Å²) in [5.41, 5.74) is 0. The second kappa shape index (κ2) is 10.5. The molecule has 0 heterocycles. The van der Waals surface area contributed by atoms with Gasteiger partial charge in [-0.25, -0.2) is 0 Å². The second-order valence-electron chi connectivity index (χ2n) is 0.976. The molecule has 4 atom stereocenters. The summed E-state index contributed by atoms with van der Waals surface area (Å²) in [7, 11) is -11.4. The molecule has 7 nitrogen and oxygen atoms in total. The fourth-order valence-corrected chi connectivity index (χ4v) is 1.10. The third-order valence-corrected chi connectivity index (χ3v) is 1.80. The molecule has 0 aromatic carbocycles. The number of hydrogen-bond donors (Lipinski definition) is 0. The van der Waals surface area contributed by atoms with E-state index in [2.05, 4.69) is 4.31 Å². The summed E-state index contributed by atoms with van der Waals surface area (Å²) in [4.78, 5) is 37.3. The van der Waals surface area contributed by atoms with E-state index in [-0.39, 0.29) is 39.6 Å². The summed E-state index contributed by atoms with van der Waals surface area (Å²) in [6, 6.07) is 0. The van der Waals surface area contributed by atoms with Crippen molar-refractivity contribution >= 4 is 55.2 Å². The maximum Gasteiger partial charge on any atom is 0.0655 e. The summed E-state index contributed by atoms with van der Waals surface area (Å²) in [5.74, 6) is 0. The van der Waals surface area contributed by atoms with Crippen molar-refractivity contribution in [3.8, 4) is 0 Å². The van der Waals surface area contributed by atoms with E-state index < -0.39 is 15.6 Å². The highest BCUT2D eigenvalue weighted by Gasteiger charge is 1.92. The van der Waals surface area contributed by atoms with Crippen LogP contribution in [-0.4, -0.2) is 0 Å². The van der Waals surface area contributed by atoms with Gasteiger partial charge in [0.2, 0.25) is 0 Å². The smallest absolute Gasteiger partial charge is 0.0655 e. The Morgan fingerprint density at radius 3 is 0.846 bits per heavy atom. The van der Waals surface area contributed by atoms with Crippen molar-refractivity contribution in [2.45, 2.75) is 0 Å². The Kier molecular flexibility index (Phi) is 23.7. The Bertz CT molecular complexity index is 153. The van der Waals surface area contributed by atoms with Crippen LogP contribution in [-0.2, 0) is 13.4 Å². The van der Waals surface area contributed by atoms with Gasteiger partial charge in [0.25, 0.3) is 0 Å². The van der Waals surface area contributed by atoms with Crippen LogP contribution in [0.5, 0.6) is 0 Å². The standard InChI is InChI=1S/H4O7P2.4H3P/c1-8(2,3)7-9(4,5)6;;;;/h(H2,1,2,3)(H2,4,5,6);4*1H3. The van der Waals surface area contributed by atoms with Crippen molar-refractivity contribution in [2.24, 2.45) is 0 Å². The lowest BCUT2D eigenvalue weighted by molar-refractivity contribution is -0.364. The summed E-state index contributed by atoms with van der Waals surface area (Å²) in [6.45, 7) is 0. The Labute approximate surface area is 88.8 Å². The molecule has 0 fully saturated rings. The fraction of sp³-hybridized carbons (Fsp3) is 0. The van der Waals surface area contributed by atoms with Crippen LogP contribution in [0.1, 0.15) is 0 Å². The minimum atomic E-state index is -5.68. The van der Waals surface area contributed by atoms with Crippen molar-refractivity contribution in [3.63, 3.8) is 0 Å². The van der Waals surface area contributed by atoms with Gasteiger partial charge >= 0.3 is 0 Å². The fourth-order valence-electron chi connectivity index (χ4n) is 0.122. The summed E-state index contributed by atoms with van der Waals surface area (Å²) in [6.07, 6.45) is 0. The van der Waals surface area contributed by atoms with Crippen molar-refractivity contribution in [1.29, 1.82) is 0 Å². The molecule has 0 spiro atoms. The van der Waals surface area contributed by atoms with E-state index in [0.717, 1.165) is 0 Å². The minimum Gasteiger partial charge on any atom is -0.790 e. The molecule has 4 unspecified atom stereocenters. The van der Waals surface area contributed by atoms with Gasteiger partial charge in [0.15, 0.2) is 0 Å². The lowest BCUT2D eigenvalue weighted by atomic mass is 15.7. The molecule has 0 aliphatic carbocycles. The molecule has 0 aliphatic heterocycles. The van der Waals surface area contributed by atoms with Gasteiger partial charge < -0.3 is 33.0 Å². The van der Waals surface area contributed by atoms with Gasteiger partial charge in [0, 0.05) is 0 Å². The van der Waals surface area contributed by atoms with E-state index in [1.54, 1.807) is 0 Å². The van der Waals surface area contributed by atoms with Crippen LogP contribution >= 0.6 is 55.2 Å². The quantitative estimate of drug-likeness (QED) is 0.472. The van der Waals surface area contributed by atoms with Gasteiger partial charge in [0.05, 0.1) is 15.6 Å². The first-order valence-electron chi connectivity index (χ1n) is 1.46. The Balaban J connectivity index is -0.0000000533. The van der Waals surface area contributed by atoms with E-state index in [1.165, 1.54) is 0 Å². The first-order chi connectivity index (χ1) is 3.71. The van der Waals surface area contributed by atoms with Crippen LogP contribution < -0.4 is 19.6 Å². The first-order valence-corrected chi connectivity index (χ1v) is 4.38. The Morgan fingerprint density at radius 2 is 0.846 bits per heavy atom. The van der Waals surface area contributed by atoms with Crippen LogP contribution in [0.2, 0.25) is 0 Å². The molecule has 0 radical (unpaired) electrons. The predicted octanol–water partition coefficient (Wildman–Crippen LogP) is -4.18. The monoisotopic (exact) mass is 314 g/mol. The molecule has 0 aromatic heterocycles. The maximum atomic E-state index is 9.32. The number of rotatable bonds is 2. The first kappa shape index (κ1) is 29.4. The van der Waals surface area contributed by atoms with Gasteiger partial charge in [0.1, 0.15) is 0 Å². The summed E-state index contributed by atoms with van der Waals surface area (Å²) >= 11 is 0. The molecule has 0 amide bonds. The average Bonchev–Trinajstić information content (AvgIpc) is 1.14.